The summed E-state index contributed by atoms with van der Waals surface area (Å²) in [5, 5.41) is 1.14. The highest BCUT2D eigenvalue weighted by atomic mass is 16.1. The van der Waals surface area contributed by atoms with Gasteiger partial charge < -0.3 is 9.88 Å². The van der Waals surface area contributed by atoms with Crippen LogP contribution in [0.1, 0.15) is 22.8 Å². The molecule has 3 nitrogen and oxygen atoms in total. The third-order valence-electron chi connectivity index (χ3n) is 2.66. The van der Waals surface area contributed by atoms with E-state index in [1.165, 1.54) is 5.56 Å². The maximum Gasteiger partial charge on any atom is 0.159 e. The fourth-order valence-corrected chi connectivity index (χ4v) is 1.87. The smallest absolute Gasteiger partial charge is 0.159 e. The van der Waals surface area contributed by atoms with Gasteiger partial charge in [0.25, 0.3) is 0 Å². The van der Waals surface area contributed by atoms with Crippen LogP contribution >= 0.6 is 0 Å². The van der Waals surface area contributed by atoms with Crippen LogP contribution in [0, 0.1) is 0 Å². The lowest BCUT2D eigenvalue weighted by atomic mass is 10.1. The SMILES string of the molecule is CC(=O)c1ccc2[nH]cc(CN(C)C)c2c1. The van der Waals surface area contributed by atoms with Crippen molar-refractivity contribution in [1.29, 1.82) is 0 Å². The molecule has 0 radical (unpaired) electrons. The van der Waals surface area contributed by atoms with Gasteiger partial charge in [-0.3, -0.25) is 4.79 Å². The molecule has 2 rings (SSSR count). The van der Waals surface area contributed by atoms with Gasteiger partial charge in [0.15, 0.2) is 5.78 Å². The van der Waals surface area contributed by atoms with Crippen LogP contribution in [0.25, 0.3) is 10.9 Å². The molecule has 0 saturated heterocycles. The number of aromatic nitrogens is 1. The first-order valence-corrected chi connectivity index (χ1v) is 5.33. The van der Waals surface area contributed by atoms with Crippen molar-refractivity contribution in [3.05, 3.63) is 35.5 Å². The number of ketones is 1. The van der Waals surface area contributed by atoms with Crippen LogP contribution in [-0.4, -0.2) is 29.8 Å². The lowest BCUT2D eigenvalue weighted by molar-refractivity contribution is 0.101. The molecular formula is C13H16N2O. The standard InChI is InChI=1S/C13H16N2O/c1-9(16)10-4-5-13-12(6-10)11(7-14-13)8-15(2)3/h4-7,14H,8H2,1-3H3. The molecule has 1 aromatic carbocycles. The fourth-order valence-electron chi connectivity index (χ4n) is 1.87. The molecule has 0 aliphatic heterocycles. The summed E-state index contributed by atoms with van der Waals surface area (Å²) >= 11 is 0. The Morgan fingerprint density at radius 3 is 2.75 bits per heavy atom. The molecule has 0 unspecified atom stereocenters. The van der Waals surface area contributed by atoms with Crippen molar-refractivity contribution in [2.24, 2.45) is 0 Å². The average molecular weight is 216 g/mol. The highest BCUT2D eigenvalue weighted by molar-refractivity contribution is 5.98. The second-order valence-corrected chi connectivity index (χ2v) is 4.37. The van der Waals surface area contributed by atoms with Crippen molar-refractivity contribution in [1.82, 2.24) is 9.88 Å². The summed E-state index contributed by atoms with van der Waals surface area (Å²) in [7, 11) is 4.07. The van der Waals surface area contributed by atoms with Crippen molar-refractivity contribution < 1.29 is 4.79 Å². The molecule has 0 aliphatic rings. The molecule has 16 heavy (non-hydrogen) atoms. The Kier molecular flexibility index (Phi) is 2.79. The van der Waals surface area contributed by atoms with Gasteiger partial charge in [0.2, 0.25) is 0 Å². The minimum Gasteiger partial charge on any atom is -0.361 e. The summed E-state index contributed by atoms with van der Waals surface area (Å²) in [4.78, 5) is 16.7. The summed E-state index contributed by atoms with van der Waals surface area (Å²) in [6.45, 7) is 2.47. The van der Waals surface area contributed by atoms with E-state index in [1.54, 1.807) is 6.92 Å². The Morgan fingerprint density at radius 1 is 1.38 bits per heavy atom. The molecule has 1 heterocycles. The Balaban J connectivity index is 2.51. The number of carbonyl (C=O) groups excluding carboxylic acids is 1. The first-order valence-electron chi connectivity index (χ1n) is 5.33. The van der Waals surface area contributed by atoms with Gasteiger partial charge in [0.1, 0.15) is 0 Å². The molecule has 0 amide bonds. The van der Waals surface area contributed by atoms with E-state index in [0.717, 1.165) is 23.0 Å². The molecule has 0 spiro atoms. The molecule has 0 atom stereocenters. The van der Waals surface area contributed by atoms with Crippen molar-refractivity contribution in [3.8, 4) is 0 Å². The molecule has 0 saturated carbocycles. The van der Waals surface area contributed by atoms with Gasteiger partial charge in [-0.15, -0.1) is 0 Å². The van der Waals surface area contributed by atoms with Crippen molar-refractivity contribution in [3.63, 3.8) is 0 Å². The van der Waals surface area contributed by atoms with Gasteiger partial charge in [-0.2, -0.15) is 0 Å². The largest absolute Gasteiger partial charge is 0.361 e. The number of nitrogens with zero attached hydrogens (tertiary/aromatic N) is 1. The minimum atomic E-state index is 0.110. The van der Waals surface area contributed by atoms with Crippen LogP contribution in [-0.2, 0) is 6.54 Å². The van der Waals surface area contributed by atoms with Gasteiger partial charge in [0.05, 0.1) is 0 Å². The van der Waals surface area contributed by atoms with E-state index in [9.17, 15) is 4.79 Å². The van der Waals surface area contributed by atoms with Gasteiger partial charge in [-0.05, 0) is 44.8 Å². The third kappa shape index (κ3) is 1.99. The lowest BCUT2D eigenvalue weighted by Crippen LogP contribution is -2.10. The second kappa shape index (κ2) is 4.10. The number of carbonyl (C=O) groups is 1. The number of hydrogen-bond donors (Lipinski definition) is 1. The van der Waals surface area contributed by atoms with E-state index >= 15 is 0 Å². The molecule has 1 aromatic heterocycles. The predicted octanol–water partition coefficient (Wildman–Crippen LogP) is 2.43. The maximum atomic E-state index is 11.3. The summed E-state index contributed by atoms with van der Waals surface area (Å²) < 4.78 is 0. The average Bonchev–Trinajstić information content (AvgIpc) is 2.60. The maximum absolute atomic E-state index is 11.3. The summed E-state index contributed by atoms with van der Waals surface area (Å²) in [5.74, 6) is 0.110. The zero-order valence-corrected chi connectivity index (χ0v) is 9.87. The molecule has 84 valence electrons. The highest BCUT2D eigenvalue weighted by Gasteiger charge is 2.07. The summed E-state index contributed by atoms with van der Waals surface area (Å²) in [6, 6.07) is 5.79. The van der Waals surface area contributed by atoms with E-state index in [0.29, 0.717) is 0 Å². The number of rotatable bonds is 3. The third-order valence-corrected chi connectivity index (χ3v) is 2.66. The van der Waals surface area contributed by atoms with Crippen molar-refractivity contribution in [2.75, 3.05) is 14.1 Å². The van der Waals surface area contributed by atoms with Crippen molar-refractivity contribution >= 4 is 16.7 Å². The van der Waals surface area contributed by atoms with E-state index in [4.69, 9.17) is 0 Å². The molecule has 1 N–H and O–H groups in total. The first kappa shape index (κ1) is 10.9. The van der Waals surface area contributed by atoms with Gasteiger partial charge in [-0.1, -0.05) is 0 Å². The Labute approximate surface area is 95.1 Å². The monoisotopic (exact) mass is 216 g/mol. The number of Topliss-reactive ketones (excluding diaryl/α,β-unsaturated/α-hetero) is 1. The number of H-pyrrole nitrogens is 1. The molecule has 2 aromatic rings. The normalized spacial score (nSPS) is 11.2. The van der Waals surface area contributed by atoms with Crippen LogP contribution in [0.4, 0.5) is 0 Å². The zero-order chi connectivity index (χ0) is 11.7. The van der Waals surface area contributed by atoms with Crippen LogP contribution in [0.3, 0.4) is 0 Å². The summed E-state index contributed by atoms with van der Waals surface area (Å²) in [5.41, 5.74) is 3.08. The Morgan fingerprint density at radius 2 is 2.12 bits per heavy atom. The predicted molar refractivity (Wildman–Crippen MR) is 65.7 cm³/mol. The first-order chi connectivity index (χ1) is 7.58. The summed E-state index contributed by atoms with van der Waals surface area (Å²) in [6.07, 6.45) is 2.01. The van der Waals surface area contributed by atoms with Crippen LogP contribution in [0.2, 0.25) is 0 Å². The van der Waals surface area contributed by atoms with E-state index in [2.05, 4.69) is 9.88 Å². The zero-order valence-electron chi connectivity index (χ0n) is 9.87. The van der Waals surface area contributed by atoms with Gasteiger partial charge in [-0.25, -0.2) is 0 Å². The minimum absolute atomic E-state index is 0.110. The molecular weight excluding hydrogens is 200 g/mol. The van der Waals surface area contributed by atoms with Gasteiger partial charge in [0, 0.05) is 29.2 Å². The molecule has 0 bridgehead atoms. The number of aromatic amines is 1. The second-order valence-electron chi connectivity index (χ2n) is 4.37. The number of benzene rings is 1. The number of hydrogen-bond acceptors (Lipinski definition) is 2. The quantitative estimate of drug-likeness (QED) is 0.800. The van der Waals surface area contributed by atoms with Gasteiger partial charge >= 0.3 is 0 Å². The van der Waals surface area contributed by atoms with E-state index < -0.39 is 0 Å². The molecule has 0 fully saturated rings. The van der Waals surface area contributed by atoms with Crippen LogP contribution in [0.5, 0.6) is 0 Å². The highest BCUT2D eigenvalue weighted by Crippen LogP contribution is 2.21. The molecule has 0 aliphatic carbocycles. The lowest BCUT2D eigenvalue weighted by Gasteiger charge is -2.08. The van der Waals surface area contributed by atoms with Crippen LogP contribution in [0.15, 0.2) is 24.4 Å². The number of fused-ring (bicyclic) bond motifs is 1. The van der Waals surface area contributed by atoms with E-state index in [1.807, 2.05) is 38.5 Å². The van der Waals surface area contributed by atoms with Crippen molar-refractivity contribution in [2.45, 2.75) is 13.5 Å². The number of nitrogens with one attached hydrogen (secondary N) is 1. The Bertz CT molecular complexity index is 526. The Hall–Kier alpha value is -1.61. The fraction of sp³-hybridized carbons (Fsp3) is 0.308. The topological polar surface area (TPSA) is 36.1 Å². The molecule has 3 heteroatoms. The van der Waals surface area contributed by atoms with Crippen LogP contribution < -0.4 is 0 Å². The van der Waals surface area contributed by atoms with E-state index in [-0.39, 0.29) is 5.78 Å².